The lowest BCUT2D eigenvalue weighted by atomic mass is 9.91. The summed E-state index contributed by atoms with van der Waals surface area (Å²) in [5.74, 6) is 0.938. The van der Waals surface area contributed by atoms with Gasteiger partial charge in [-0.1, -0.05) is 12.1 Å². The van der Waals surface area contributed by atoms with Crippen molar-refractivity contribution in [3.05, 3.63) is 72.4 Å². The first-order chi connectivity index (χ1) is 13.8. The van der Waals surface area contributed by atoms with Crippen molar-refractivity contribution >= 4 is 5.91 Å². The Bertz CT molecular complexity index is 962. The molecule has 6 nitrogen and oxygen atoms in total. The Morgan fingerprint density at radius 3 is 2.68 bits per heavy atom. The van der Waals surface area contributed by atoms with Gasteiger partial charge in [-0.25, -0.2) is 0 Å². The van der Waals surface area contributed by atoms with E-state index < -0.39 is 0 Å². The summed E-state index contributed by atoms with van der Waals surface area (Å²) >= 11 is 0. The van der Waals surface area contributed by atoms with E-state index >= 15 is 0 Å². The van der Waals surface area contributed by atoms with E-state index in [0.717, 1.165) is 42.1 Å². The van der Waals surface area contributed by atoms with Crippen LogP contribution in [-0.2, 0) is 0 Å². The van der Waals surface area contributed by atoms with Crippen molar-refractivity contribution in [1.29, 1.82) is 0 Å². The number of hydrogen-bond donors (Lipinski definition) is 0. The van der Waals surface area contributed by atoms with Gasteiger partial charge in [0.05, 0.1) is 18.5 Å². The Kier molecular flexibility index (Phi) is 5.28. The van der Waals surface area contributed by atoms with Crippen molar-refractivity contribution in [3.63, 3.8) is 0 Å². The summed E-state index contributed by atoms with van der Waals surface area (Å²) in [4.78, 5) is 28.0. The van der Waals surface area contributed by atoms with Crippen LogP contribution < -0.4 is 4.74 Å². The molecule has 6 heteroatoms. The van der Waals surface area contributed by atoms with E-state index in [9.17, 15) is 4.79 Å². The number of piperidine rings is 1. The lowest BCUT2D eigenvalue weighted by molar-refractivity contribution is 0.0706. The summed E-state index contributed by atoms with van der Waals surface area (Å²) in [5.41, 5.74) is 3.33. The average molecular weight is 374 g/mol. The second kappa shape index (κ2) is 8.17. The summed E-state index contributed by atoms with van der Waals surface area (Å²) in [6, 6.07) is 11.3. The maximum Gasteiger partial charge on any atom is 0.253 e. The molecule has 1 saturated heterocycles. The molecule has 0 N–H and O–H groups in total. The molecule has 28 heavy (non-hydrogen) atoms. The number of carbonyl (C=O) groups is 1. The lowest BCUT2D eigenvalue weighted by Crippen LogP contribution is -2.39. The van der Waals surface area contributed by atoms with Crippen LogP contribution in [0.3, 0.4) is 0 Å². The number of likely N-dealkylation sites (tertiary alicyclic amines) is 1. The number of ether oxygens (including phenoxy) is 1. The SMILES string of the molecule is COc1ccccc1-c1nccnc1[C@H]1CCCN(C(=O)c2ccncc2)C1. The molecular weight excluding hydrogens is 352 g/mol. The average Bonchev–Trinajstić information content (AvgIpc) is 2.79. The van der Waals surface area contributed by atoms with Gasteiger partial charge in [0.1, 0.15) is 5.75 Å². The molecule has 0 saturated carbocycles. The number of para-hydroxylation sites is 1. The van der Waals surface area contributed by atoms with Crippen molar-refractivity contribution in [2.75, 3.05) is 20.2 Å². The third-order valence-corrected chi connectivity index (χ3v) is 5.11. The zero-order valence-corrected chi connectivity index (χ0v) is 15.8. The fourth-order valence-corrected chi connectivity index (χ4v) is 3.76. The van der Waals surface area contributed by atoms with Crippen LogP contribution in [-0.4, -0.2) is 46.0 Å². The molecule has 1 fully saturated rings. The highest BCUT2D eigenvalue weighted by molar-refractivity contribution is 5.94. The summed E-state index contributed by atoms with van der Waals surface area (Å²) in [5, 5.41) is 0. The minimum Gasteiger partial charge on any atom is -0.496 e. The zero-order valence-electron chi connectivity index (χ0n) is 15.8. The molecule has 1 aliphatic heterocycles. The summed E-state index contributed by atoms with van der Waals surface area (Å²) in [7, 11) is 1.66. The number of methoxy groups -OCH3 is 1. The maximum absolute atomic E-state index is 12.9. The number of aromatic nitrogens is 3. The predicted octanol–water partition coefficient (Wildman–Crippen LogP) is 3.57. The van der Waals surface area contributed by atoms with E-state index in [2.05, 4.69) is 15.0 Å². The molecule has 4 rings (SSSR count). The van der Waals surface area contributed by atoms with Crippen molar-refractivity contribution in [2.24, 2.45) is 0 Å². The van der Waals surface area contributed by atoms with Gasteiger partial charge in [-0.05, 0) is 37.1 Å². The summed E-state index contributed by atoms with van der Waals surface area (Å²) < 4.78 is 5.52. The Morgan fingerprint density at radius 1 is 1.07 bits per heavy atom. The van der Waals surface area contributed by atoms with Crippen LogP contribution >= 0.6 is 0 Å². The molecule has 1 aromatic carbocycles. The first-order valence-electron chi connectivity index (χ1n) is 9.41. The second-order valence-electron chi connectivity index (χ2n) is 6.82. The van der Waals surface area contributed by atoms with Gasteiger partial charge in [0.15, 0.2) is 0 Å². The van der Waals surface area contributed by atoms with Gasteiger partial charge in [0, 0.05) is 54.9 Å². The molecule has 1 aliphatic rings. The Labute approximate surface area is 164 Å². The van der Waals surface area contributed by atoms with Gasteiger partial charge in [-0.2, -0.15) is 0 Å². The van der Waals surface area contributed by atoms with Gasteiger partial charge in [0.2, 0.25) is 0 Å². The normalized spacial score (nSPS) is 16.6. The number of nitrogens with zero attached hydrogens (tertiary/aromatic N) is 4. The molecule has 0 spiro atoms. The number of rotatable bonds is 4. The van der Waals surface area contributed by atoms with Crippen molar-refractivity contribution in [3.8, 4) is 17.0 Å². The number of hydrogen-bond acceptors (Lipinski definition) is 5. The molecule has 2 aromatic heterocycles. The molecule has 0 aliphatic carbocycles. The Hall–Kier alpha value is -3.28. The van der Waals surface area contributed by atoms with Gasteiger partial charge >= 0.3 is 0 Å². The Morgan fingerprint density at radius 2 is 1.86 bits per heavy atom. The topological polar surface area (TPSA) is 68.2 Å². The van der Waals surface area contributed by atoms with Crippen LogP contribution in [0.1, 0.15) is 34.8 Å². The van der Waals surface area contributed by atoms with Gasteiger partial charge < -0.3 is 9.64 Å². The first kappa shape index (κ1) is 18.1. The molecule has 0 radical (unpaired) electrons. The van der Waals surface area contributed by atoms with E-state index in [0.29, 0.717) is 12.1 Å². The monoisotopic (exact) mass is 374 g/mol. The van der Waals surface area contributed by atoms with Crippen LogP contribution in [0.5, 0.6) is 5.75 Å². The number of carbonyl (C=O) groups excluding carboxylic acids is 1. The molecular formula is C22H22N4O2. The minimum absolute atomic E-state index is 0.0369. The van der Waals surface area contributed by atoms with E-state index in [-0.39, 0.29) is 11.8 Å². The highest BCUT2D eigenvalue weighted by atomic mass is 16.5. The molecule has 0 unspecified atom stereocenters. The minimum atomic E-state index is 0.0369. The predicted molar refractivity (Wildman–Crippen MR) is 106 cm³/mol. The van der Waals surface area contributed by atoms with Gasteiger partial charge in [-0.15, -0.1) is 0 Å². The molecule has 0 bridgehead atoms. The molecule has 142 valence electrons. The van der Waals surface area contributed by atoms with Crippen molar-refractivity contribution < 1.29 is 9.53 Å². The smallest absolute Gasteiger partial charge is 0.253 e. The highest BCUT2D eigenvalue weighted by Gasteiger charge is 2.29. The standard InChI is InChI=1S/C22H22N4O2/c1-28-19-7-3-2-6-18(19)21-20(24-12-13-25-21)17-5-4-14-26(15-17)22(27)16-8-10-23-11-9-16/h2-3,6-13,17H,4-5,14-15H2,1H3/t17-/m0/s1. The first-order valence-corrected chi connectivity index (χ1v) is 9.41. The number of amides is 1. The molecule has 1 amide bonds. The Balaban J connectivity index is 1.64. The van der Waals surface area contributed by atoms with Crippen LogP contribution in [0, 0.1) is 0 Å². The fourth-order valence-electron chi connectivity index (χ4n) is 3.76. The largest absolute Gasteiger partial charge is 0.496 e. The molecule has 3 aromatic rings. The molecule has 1 atom stereocenters. The van der Waals surface area contributed by atoms with Crippen LogP contribution in [0.4, 0.5) is 0 Å². The fraction of sp³-hybridized carbons (Fsp3) is 0.273. The third-order valence-electron chi connectivity index (χ3n) is 5.11. The highest BCUT2D eigenvalue weighted by Crippen LogP contribution is 2.35. The quantitative estimate of drug-likeness (QED) is 0.698. The van der Waals surface area contributed by atoms with Crippen LogP contribution in [0.15, 0.2) is 61.2 Å². The third kappa shape index (κ3) is 3.58. The molecule has 3 heterocycles. The van der Waals surface area contributed by atoms with Crippen molar-refractivity contribution in [2.45, 2.75) is 18.8 Å². The number of benzene rings is 1. The zero-order chi connectivity index (χ0) is 19.3. The van der Waals surface area contributed by atoms with E-state index in [1.165, 1.54) is 0 Å². The van der Waals surface area contributed by atoms with Crippen LogP contribution in [0.2, 0.25) is 0 Å². The van der Waals surface area contributed by atoms with Gasteiger partial charge in [-0.3, -0.25) is 19.7 Å². The lowest BCUT2D eigenvalue weighted by Gasteiger charge is -2.33. The maximum atomic E-state index is 12.9. The van der Waals surface area contributed by atoms with E-state index in [4.69, 9.17) is 4.74 Å². The number of pyridine rings is 1. The van der Waals surface area contributed by atoms with E-state index in [1.54, 1.807) is 44.0 Å². The van der Waals surface area contributed by atoms with Gasteiger partial charge in [0.25, 0.3) is 5.91 Å². The summed E-state index contributed by atoms with van der Waals surface area (Å²) in [6.45, 7) is 1.38. The van der Waals surface area contributed by atoms with E-state index in [1.807, 2.05) is 29.2 Å². The second-order valence-corrected chi connectivity index (χ2v) is 6.82. The van der Waals surface area contributed by atoms with Crippen molar-refractivity contribution in [1.82, 2.24) is 19.9 Å². The summed E-state index contributed by atoms with van der Waals surface area (Å²) in [6.07, 6.45) is 8.63. The van der Waals surface area contributed by atoms with Crippen LogP contribution in [0.25, 0.3) is 11.3 Å².